The van der Waals surface area contributed by atoms with E-state index in [0.717, 1.165) is 12.8 Å². The van der Waals surface area contributed by atoms with Gasteiger partial charge >= 0.3 is 21.7 Å². The Morgan fingerprint density at radius 1 is 1.00 bits per heavy atom. The fourth-order valence-electron chi connectivity index (χ4n) is 2.47. The van der Waals surface area contributed by atoms with Crippen molar-refractivity contribution in [3.8, 4) is 0 Å². The van der Waals surface area contributed by atoms with Gasteiger partial charge in [0.05, 0.1) is 0 Å². The number of benzene rings is 1. The summed E-state index contributed by atoms with van der Waals surface area (Å²) < 4.78 is 0. The normalized spacial score (nSPS) is 12.8. The first-order valence-corrected chi connectivity index (χ1v) is 10.3. The largest absolute Gasteiger partial charge is 4.00 e. The van der Waals surface area contributed by atoms with Crippen LogP contribution in [0.3, 0.4) is 0 Å². The molecule has 5 heteroatoms. The van der Waals surface area contributed by atoms with Gasteiger partial charge < -0.3 is 37.2 Å². The van der Waals surface area contributed by atoms with E-state index >= 15 is 0 Å². The van der Waals surface area contributed by atoms with Crippen LogP contribution in [0, 0.1) is 19.9 Å². The molecule has 0 aromatic heterocycles. The fourth-order valence-corrected chi connectivity index (χ4v) is 3.74. The van der Waals surface area contributed by atoms with Crippen molar-refractivity contribution in [1.29, 1.82) is 0 Å². The molecule has 0 atom stereocenters. The van der Waals surface area contributed by atoms with Gasteiger partial charge in [-0.05, 0) is 37.0 Å². The second-order valence-electron chi connectivity index (χ2n) is 6.35. The van der Waals surface area contributed by atoms with Crippen LogP contribution in [0.1, 0.15) is 23.1 Å². The summed E-state index contributed by atoms with van der Waals surface area (Å²) >= 11 is 0. The number of hydrogen-bond donors (Lipinski definition) is 0. The van der Waals surface area contributed by atoms with Crippen LogP contribution < -0.4 is 37.2 Å². The van der Waals surface area contributed by atoms with Gasteiger partial charge in [-0.15, -0.1) is 0 Å². The molecular formula is C17H23Cl3SiTi. The van der Waals surface area contributed by atoms with E-state index in [-0.39, 0.29) is 58.9 Å². The molecule has 1 aromatic carbocycles. The number of halogens is 3. The summed E-state index contributed by atoms with van der Waals surface area (Å²) in [5.41, 5.74) is 5.77. The monoisotopic (exact) mass is 408 g/mol. The molecule has 0 N–H and O–H groups in total. The first-order chi connectivity index (χ1) is 8.38. The average molecular weight is 410 g/mol. The van der Waals surface area contributed by atoms with Crippen LogP contribution in [0.25, 0.3) is 0 Å². The van der Waals surface area contributed by atoms with E-state index in [4.69, 9.17) is 0 Å². The maximum Gasteiger partial charge on any atom is 4.00 e. The summed E-state index contributed by atoms with van der Waals surface area (Å²) in [6.45, 7) is 11.6. The third-order valence-corrected chi connectivity index (χ3v) is 5.65. The number of hydrogen-bond acceptors (Lipinski definition) is 0. The molecule has 0 saturated heterocycles. The van der Waals surface area contributed by atoms with Crippen LogP contribution in [-0.4, -0.2) is 8.07 Å². The summed E-state index contributed by atoms with van der Waals surface area (Å²) in [6, 6.07) is 6.57. The Bertz CT molecular complexity index is 511. The van der Waals surface area contributed by atoms with Gasteiger partial charge in [0.1, 0.15) is 0 Å². The topological polar surface area (TPSA) is 0 Å². The number of rotatable bonds is 3. The molecule has 0 bridgehead atoms. The minimum atomic E-state index is -1.18. The standard InChI is InChI=1S/C17H23Si.3ClH.Ti/c1-13-7-6-8-14(2)17(13)12-15-9-10-16(11-15)18(3,4)5;;;;/h6-8,10H,9,12H2,1-5H3;3*1H;/q-1;;;;+4/p-3. The van der Waals surface area contributed by atoms with Crippen molar-refractivity contribution in [1.82, 2.24) is 0 Å². The predicted octanol–water partition coefficient (Wildman–Crippen LogP) is -4.21. The zero-order chi connectivity index (χ0) is 13.3. The van der Waals surface area contributed by atoms with E-state index in [9.17, 15) is 0 Å². The molecule has 0 amide bonds. The molecule has 0 aliphatic heterocycles. The average Bonchev–Trinajstić information content (AvgIpc) is 2.72. The first-order valence-electron chi connectivity index (χ1n) is 6.75. The van der Waals surface area contributed by atoms with E-state index in [2.05, 4.69) is 63.8 Å². The zero-order valence-corrected chi connectivity index (χ0v) is 18.7. The minimum Gasteiger partial charge on any atom is -1.00 e. The zero-order valence-electron chi connectivity index (χ0n) is 13.9. The quantitative estimate of drug-likeness (QED) is 0.351. The van der Waals surface area contributed by atoms with Crippen molar-refractivity contribution >= 4 is 8.07 Å². The molecule has 0 radical (unpaired) electrons. The summed E-state index contributed by atoms with van der Waals surface area (Å²) in [5.74, 6) is 0. The van der Waals surface area contributed by atoms with Gasteiger partial charge in [0.2, 0.25) is 0 Å². The molecule has 22 heavy (non-hydrogen) atoms. The van der Waals surface area contributed by atoms with Gasteiger partial charge in [0.15, 0.2) is 0 Å². The van der Waals surface area contributed by atoms with Crippen molar-refractivity contribution in [2.75, 3.05) is 0 Å². The van der Waals surface area contributed by atoms with Crippen LogP contribution in [0.4, 0.5) is 0 Å². The second kappa shape index (κ2) is 11.1. The van der Waals surface area contributed by atoms with Crippen LogP contribution in [0.15, 0.2) is 35.0 Å². The van der Waals surface area contributed by atoms with Crippen molar-refractivity contribution < 1.29 is 58.9 Å². The van der Waals surface area contributed by atoms with Crippen molar-refractivity contribution in [2.45, 2.75) is 46.3 Å². The number of aryl methyl sites for hydroxylation is 2. The van der Waals surface area contributed by atoms with E-state index in [1.165, 1.54) is 27.5 Å². The Kier molecular flexibility index (Phi) is 13.8. The van der Waals surface area contributed by atoms with Crippen LogP contribution in [0.5, 0.6) is 0 Å². The van der Waals surface area contributed by atoms with Crippen molar-refractivity contribution in [2.24, 2.45) is 0 Å². The minimum absolute atomic E-state index is 0. The molecule has 0 unspecified atom stereocenters. The van der Waals surface area contributed by atoms with Gasteiger partial charge in [-0.2, -0.15) is 5.57 Å². The maximum atomic E-state index is 3.67. The third-order valence-electron chi connectivity index (χ3n) is 3.71. The Balaban J connectivity index is -0.000000902. The summed E-state index contributed by atoms with van der Waals surface area (Å²) in [7, 11) is -1.18. The fraction of sp³-hybridized carbons (Fsp3) is 0.412. The van der Waals surface area contributed by atoms with Crippen LogP contribution >= 0.6 is 0 Å². The third kappa shape index (κ3) is 6.95. The van der Waals surface area contributed by atoms with Gasteiger partial charge in [-0.3, -0.25) is 6.08 Å². The van der Waals surface area contributed by atoms with E-state index < -0.39 is 8.07 Å². The van der Waals surface area contributed by atoms with E-state index in [0.29, 0.717) is 0 Å². The first kappa shape index (κ1) is 27.4. The summed E-state index contributed by atoms with van der Waals surface area (Å²) in [5, 5.41) is 1.50. The van der Waals surface area contributed by atoms with Crippen molar-refractivity contribution in [3.63, 3.8) is 0 Å². The Morgan fingerprint density at radius 2 is 1.50 bits per heavy atom. The summed E-state index contributed by atoms with van der Waals surface area (Å²) in [4.78, 5) is 0. The molecule has 0 nitrogen and oxygen atoms in total. The molecule has 0 fully saturated rings. The molecule has 1 aromatic rings. The molecular weight excluding hydrogens is 386 g/mol. The summed E-state index contributed by atoms with van der Waals surface area (Å²) in [6.07, 6.45) is 8.25. The van der Waals surface area contributed by atoms with E-state index in [1.807, 2.05) is 0 Å². The Labute approximate surface area is 170 Å². The second-order valence-corrected chi connectivity index (χ2v) is 11.4. The molecule has 1 aliphatic carbocycles. The SMILES string of the molecule is Cc1cccc(C)c1CC1=[C-]C([Si](C)(C)C)=CC1.[Cl-].[Cl-].[Cl-].[Ti+4]. The predicted molar refractivity (Wildman–Crippen MR) is 82.4 cm³/mol. The smallest absolute Gasteiger partial charge is 1.00 e. The van der Waals surface area contributed by atoms with Gasteiger partial charge in [-0.25, -0.2) is 11.3 Å². The van der Waals surface area contributed by atoms with E-state index in [1.54, 1.807) is 0 Å². The van der Waals surface area contributed by atoms with Gasteiger partial charge in [-0.1, -0.05) is 44.3 Å². The van der Waals surface area contributed by atoms with Crippen LogP contribution in [0.2, 0.25) is 19.6 Å². The molecule has 0 saturated carbocycles. The number of allylic oxidation sites excluding steroid dienone is 4. The Morgan fingerprint density at radius 3 is 1.91 bits per heavy atom. The van der Waals surface area contributed by atoms with Gasteiger partial charge in [0.25, 0.3) is 0 Å². The maximum absolute atomic E-state index is 3.67. The molecule has 1 aliphatic rings. The molecule has 2 rings (SSSR count). The van der Waals surface area contributed by atoms with Crippen LogP contribution in [-0.2, 0) is 28.1 Å². The molecule has 0 heterocycles. The molecule has 0 spiro atoms. The Hall–Kier alpha value is 0.501. The van der Waals surface area contributed by atoms with Crippen molar-refractivity contribution in [3.05, 3.63) is 57.8 Å². The molecule has 120 valence electrons. The van der Waals surface area contributed by atoms with Gasteiger partial charge in [0, 0.05) is 8.07 Å².